The largest absolute Gasteiger partial charge is 0.543 e. The van der Waals surface area contributed by atoms with Gasteiger partial charge in [-0.3, -0.25) is 9.59 Å². The first-order valence-corrected chi connectivity index (χ1v) is 18.9. The van der Waals surface area contributed by atoms with Gasteiger partial charge >= 0.3 is 0 Å². The quantitative estimate of drug-likeness (QED) is 0.277. The number of carbonyl (C=O) groups excluding carboxylic acids is 2. The Hall–Kier alpha value is -2.19. The molecule has 6 heteroatoms. The highest BCUT2D eigenvalue weighted by molar-refractivity contribution is 6.75. The number of carbonyl (C=O) groups is 2. The van der Waals surface area contributed by atoms with Crippen molar-refractivity contribution in [1.82, 2.24) is 0 Å². The minimum atomic E-state index is -2.34. The molecule has 0 N–H and O–H groups in total. The summed E-state index contributed by atoms with van der Waals surface area (Å²) in [6, 6.07) is 10.8. The molecule has 196 valence electrons. The monoisotopic (exact) mass is 524 g/mol. The normalized spacial score (nSPS) is 14.7. The van der Waals surface area contributed by atoms with Gasteiger partial charge in [0.25, 0.3) is 16.6 Å². The van der Waals surface area contributed by atoms with Crippen molar-refractivity contribution in [2.24, 2.45) is 11.8 Å². The lowest BCUT2D eigenvalue weighted by molar-refractivity contribution is 0.0975. The van der Waals surface area contributed by atoms with Crippen molar-refractivity contribution in [2.75, 3.05) is 0 Å². The van der Waals surface area contributed by atoms with Crippen LogP contribution in [-0.4, -0.2) is 28.2 Å². The molecule has 0 fully saturated rings. The molecule has 3 rings (SSSR count). The van der Waals surface area contributed by atoms with Crippen molar-refractivity contribution >= 4 is 28.2 Å². The van der Waals surface area contributed by atoms with Crippen molar-refractivity contribution in [3.8, 4) is 11.5 Å². The van der Waals surface area contributed by atoms with Crippen LogP contribution >= 0.6 is 0 Å². The van der Waals surface area contributed by atoms with Gasteiger partial charge in [0.15, 0.2) is 11.6 Å². The van der Waals surface area contributed by atoms with Crippen LogP contribution in [0.25, 0.3) is 0 Å². The molecule has 2 aromatic carbocycles. The minimum absolute atomic E-state index is 0.0507. The van der Waals surface area contributed by atoms with E-state index in [9.17, 15) is 9.59 Å². The molecule has 0 unspecified atom stereocenters. The van der Waals surface area contributed by atoms with Crippen LogP contribution in [0.1, 0.15) is 87.2 Å². The van der Waals surface area contributed by atoms with Gasteiger partial charge in [0, 0.05) is 11.1 Å². The Morgan fingerprint density at radius 1 is 0.611 bits per heavy atom. The van der Waals surface area contributed by atoms with Crippen LogP contribution < -0.4 is 8.85 Å². The molecule has 1 aliphatic carbocycles. The Labute approximate surface area is 220 Å². The topological polar surface area (TPSA) is 52.6 Å². The van der Waals surface area contributed by atoms with Crippen LogP contribution in [0.2, 0.25) is 36.3 Å². The Morgan fingerprint density at radius 3 is 1.19 bits per heavy atom. The van der Waals surface area contributed by atoms with E-state index in [1.165, 1.54) is 0 Å². The molecule has 0 spiro atoms. The van der Waals surface area contributed by atoms with Crippen molar-refractivity contribution < 1.29 is 18.4 Å². The van der Waals surface area contributed by atoms with Gasteiger partial charge in [0.1, 0.15) is 11.5 Å². The molecule has 0 saturated carbocycles. The zero-order chi connectivity index (χ0) is 27.4. The highest BCUT2D eigenvalue weighted by atomic mass is 28.4. The Kier molecular flexibility index (Phi) is 7.32. The molecule has 0 atom stereocenters. The standard InChI is InChI=1S/C30H44O4Si2/c1-19(2)29(5,6)35(9,10)33-23-17-18-24(34-36(11,12)30(7,8)20(3)4)26-25(23)27(31)21-15-13-14-16-22(21)28(26)32/h13-20H,1-12H3. The molecule has 1 aliphatic rings. The van der Waals surface area contributed by atoms with E-state index in [1.54, 1.807) is 24.3 Å². The highest BCUT2D eigenvalue weighted by Crippen LogP contribution is 2.49. The van der Waals surface area contributed by atoms with E-state index in [0.717, 1.165) is 0 Å². The molecule has 0 heterocycles. The van der Waals surface area contributed by atoms with Gasteiger partial charge in [-0.25, -0.2) is 0 Å². The van der Waals surface area contributed by atoms with Crippen LogP contribution in [0.3, 0.4) is 0 Å². The van der Waals surface area contributed by atoms with E-state index in [0.29, 0.717) is 45.6 Å². The average Bonchev–Trinajstić information content (AvgIpc) is 2.77. The summed E-state index contributed by atoms with van der Waals surface area (Å²) in [5, 5.41) is -0.101. The molecule has 0 bridgehead atoms. The lowest BCUT2D eigenvalue weighted by Gasteiger charge is -2.44. The fraction of sp³-hybridized carbons (Fsp3) is 0.533. The zero-order valence-corrected chi connectivity index (χ0v) is 26.3. The second kappa shape index (κ2) is 9.28. The Morgan fingerprint density at radius 2 is 0.917 bits per heavy atom. The third kappa shape index (κ3) is 4.51. The van der Waals surface area contributed by atoms with Gasteiger partial charge in [0.2, 0.25) is 0 Å². The number of rotatable bonds is 8. The molecular weight excluding hydrogens is 480 g/mol. The van der Waals surface area contributed by atoms with E-state index in [-0.39, 0.29) is 21.6 Å². The predicted octanol–water partition coefficient (Wildman–Crippen LogP) is 8.50. The molecule has 2 aromatic rings. The van der Waals surface area contributed by atoms with Crippen LogP contribution in [0, 0.1) is 11.8 Å². The Balaban J connectivity index is 2.24. The molecule has 0 aromatic heterocycles. The molecule has 0 radical (unpaired) electrons. The maximum Gasteiger partial charge on any atom is 0.251 e. The minimum Gasteiger partial charge on any atom is -0.543 e. The number of benzene rings is 2. The first kappa shape index (κ1) is 28.4. The molecular formula is C30H44O4Si2. The summed E-state index contributed by atoms with van der Waals surface area (Å²) >= 11 is 0. The third-order valence-electron chi connectivity index (χ3n) is 9.72. The molecule has 0 aliphatic heterocycles. The highest BCUT2D eigenvalue weighted by Gasteiger charge is 2.48. The SMILES string of the molecule is CC(C)C(C)(C)[Si](C)(C)Oc1ccc(O[Si](C)(C)C(C)(C)C(C)C)c2c1C(=O)c1ccccc1C2=O. The maximum atomic E-state index is 13.9. The summed E-state index contributed by atoms with van der Waals surface area (Å²) in [6.45, 7) is 26.5. The van der Waals surface area contributed by atoms with Gasteiger partial charge in [-0.15, -0.1) is 0 Å². The fourth-order valence-electron chi connectivity index (χ4n) is 4.54. The lowest BCUT2D eigenvalue weighted by Crippen LogP contribution is -2.49. The maximum absolute atomic E-state index is 13.9. The summed E-state index contributed by atoms with van der Waals surface area (Å²) in [5.74, 6) is 1.46. The van der Waals surface area contributed by atoms with Crippen molar-refractivity contribution in [3.05, 3.63) is 58.7 Å². The predicted molar refractivity (Wildman–Crippen MR) is 154 cm³/mol. The lowest BCUT2D eigenvalue weighted by atomic mass is 9.83. The molecule has 0 amide bonds. The van der Waals surface area contributed by atoms with Gasteiger partial charge in [0.05, 0.1) is 11.1 Å². The smallest absolute Gasteiger partial charge is 0.251 e. The molecule has 4 nitrogen and oxygen atoms in total. The zero-order valence-electron chi connectivity index (χ0n) is 24.3. The van der Waals surface area contributed by atoms with Crippen LogP contribution in [0.15, 0.2) is 36.4 Å². The Bertz CT molecular complexity index is 1100. The van der Waals surface area contributed by atoms with Crippen molar-refractivity contribution in [3.63, 3.8) is 0 Å². The van der Waals surface area contributed by atoms with Gasteiger partial charge in [-0.05, 0) is 60.2 Å². The number of hydrogen-bond donors (Lipinski definition) is 0. The van der Waals surface area contributed by atoms with E-state index in [4.69, 9.17) is 8.85 Å². The average molecular weight is 525 g/mol. The van der Waals surface area contributed by atoms with Gasteiger partial charge in [-0.1, -0.05) is 79.7 Å². The number of fused-ring (bicyclic) bond motifs is 2. The summed E-state index contributed by atoms with van der Waals surface area (Å²) in [5.41, 5.74) is 1.56. The van der Waals surface area contributed by atoms with Crippen molar-refractivity contribution in [1.29, 1.82) is 0 Å². The summed E-state index contributed by atoms with van der Waals surface area (Å²) in [6.07, 6.45) is 0. The van der Waals surface area contributed by atoms with E-state index in [1.807, 2.05) is 12.1 Å². The summed E-state index contributed by atoms with van der Waals surface area (Å²) < 4.78 is 13.5. The fourth-order valence-corrected chi connectivity index (χ4v) is 9.28. The first-order chi connectivity index (χ1) is 16.4. The second-order valence-electron chi connectivity index (χ2n) is 13.0. The van der Waals surface area contributed by atoms with E-state index in [2.05, 4.69) is 81.6 Å². The van der Waals surface area contributed by atoms with Crippen LogP contribution in [0.4, 0.5) is 0 Å². The van der Waals surface area contributed by atoms with Crippen molar-refractivity contribution in [2.45, 2.75) is 91.7 Å². The first-order valence-electron chi connectivity index (χ1n) is 13.1. The van der Waals surface area contributed by atoms with Crippen LogP contribution in [-0.2, 0) is 0 Å². The molecule has 36 heavy (non-hydrogen) atoms. The van der Waals surface area contributed by atoms with Crippen LogP contribution in [0.5, 0.6) is 11.5 Å². The summed E-state index contributed by atoms with van der Waals surface area (Å²) in [4.78, 5) is 27.8. The van der Waals surface area contributed by atoms with E-state index < -0.39 is 16.6 Å². The summed E-state index contributed by atoms with van der Waals surface area (Å²) in [7, 11) is -4.68. The second-order valence-corrected chi connectivity index (χ2v) is 22.0. The van der Waals surface area contributed by atoms with E-state index >= 15 is 0 Å². The molecule has 0 saturated heterocycles. The number of ketones is 2. The number of hydrogen-bond acceptors (Lipinski definition) is 4. The van der Waals surface area contributed by atoms with Gasteiger partial charge < -0.3 is 8.85 Å². The third-order valence-corrected chi connectivity index (χ3v) is 18.5. The van der Waals surface area contributed by atoms with Gasteiger partial charge in [-0.2, -0.15) is 0 Å².